The highest BCUT2D eigenvalue weighted by atomic mass is 32.2. The highest BCUT2D eigenvalue weighted by molar-refractivity contribution is 7.90. The fourth-order valence-electron chi connectivity index (χ4n) is 2.08. The third kappa shape index (κ3) is 2.57. The van der Waals surface area contributed by atoms with E-state index in [0.29, 0.717) is 17.7 Å². The average molecular weight is 304 g/mol. The Morgan fingerprint density at radius 3 is 2.62 bits per heavy atom. The average Bonchev–Trinajstić information content (AvgIpc) is 2.75. The number of fused-ring (bicyclic) bond motifs is 1. The van der Waals surface area contributed by atoms with E-state index < -0.39 is 9.84 Å². The predicted octanol–water partition coefficient (Wildman–Crippen LogP) is 0.571. The van der Waals surface area contributed by atoms with Gasteiger partial charge in [0.15, 0.2) is 15.5 Å². The Bertz CT molecular complexity index is 955. The van der Waals surface area contributed by atoms with E-state index in [1.807, 2.05) is 0 Å². The van der Waals surface area contributed by atoms with Crippen molar-refractivity contribution in [3.8, 4) is 0 Å². The summed E-state index contributed by atoms with van der Waals surface area (Å²) in [6, 6.07) is 6.42. The molecule has 3 rings (SSSR count). The van der Waals surface area contributed by atoms with E-state index in [0.717, 1.165) is 11.8 Å². The smallest absolute Gasteiger partial charge is 0.303 e. The van der Waals surface area contributed by atoms with Crippen molar-refractivity contribution in [1.29, 1.82) is 0 Å². The number of benzene rings is 1. The monoisotopic (exact) mass is 304 g/mol. The molecule has 0 spiro atoms. The fraction of sp³-hybridized carbons (Fsp3) is 0.154. The third-order valence-corrected chi connectivity index (χ3v) is 4.25. The topological polar surface area (TPSA) is 97.7 Å². The van der Waals surface area contributed by atoms with E-state index in [-0.39, 0.29) is 10.6 Å². The number of nitrogens with one attached hydrogen (secondary N) is 1. The SMILES string of the molecule is CS(=O)(=O)c1ccc(Cn2c(=O)[nH]c3cncnc32)cc1. The summed E-state index contributed by atoms with van der Waals surface area (Å²) >= 11 is 0. The summed E-state index contributed by atoms with van der Waals surface area (Å²) in [7, 11) is -3.22. The van der Waals surface area contributed by atoms with Crippen LogP contribution in [0.3, 0.4) is 0 Å². The molecule has 108 valence electrons. The summed E-state index contributed by atoms with van der Waals surface area (Å²) < 4.78 is 24.3. The zero-order valence-corrected chi connectivity index (χ0v) is 12.0. The number of hydrogen-bond donors (Lipinski definition) is 1. The van der Waals surface area contributed by atoms with Gasteiger partial charge in [-0.05, 0) is 17.7 Å². The minimum atomic E-state index is -3.22. The van der Waals surface area contributed by atoms with Crippen molar-refractivity contribution >= 4 is 21.0 Å². The van der Waals surface area contributed by atoms with Gasteiger partial charge < -0.3 is 4.98 Å². The lowest BCUT2D eigenvalue weighted by Gasteiger charge is -2.04. The predicted molar refractivity (Wildman–Crippen MR) is 76.8 cm³/mol. The van der Waals surface area contributed by atoms with Crippen LogP contribution < -0.4 is 5.69 Å². The fourth-order valence-corrected chi connectivity index (χ4v) is 2.71. The van der Waals surface area contributed by atoms with Crippen LogP contribution in [0.2, 0.25) is 0 Å². The Balaban J connectivity index is 1.99. The molecule has 0 amide bonds. The maximum atomic E-state index is 11.9. The summed E-state index contributed by atoms with van der Waals surface area (Å²) in [4.78, 5) is 22.8. The summed E-state index contributed by atoms with van der Waals surface area (Å²) in [5.74, 6) is 0. The van der Waals surface area contributed by atoms with Crippen molar-refractivity contribution in [2.75, 3.05) is 6.26 Å². The number of H-pyrrole nitrogens is 1. The first-order valence-electron chi connectivity index (χ1n) is 6.13. The van der Waals surface area contributed by atoms with Crippen LogP contribution in [0.15, 0.2) is 46.5 Å². The Kier molecular flexibility index (Phi) is 3.09. The van der Waals surface area contributed by atoms with Crippen molar-refractivity contribution in [2.45, 2.75) is 11.4 Å². The molecular formula is C13H12N4O3S. The van der Waals surface area contributed by atoms with Crippen LogP contribution >= 0.6 is 0 Å². The second-order valence-electron chi connectivity index (χ2n) is 4.69. The Morgan fingerprint density at radius 2 is 1.95 bits per heavy atom. The lowest BCUT2D eigenvalue weighted by molar-refractivity contribution is 0.602. The summed E-state index contributed by atoms with van der Waals surface area (Å²) in [5.41, 5.74) is 1.61. The molecule has 0 fully saturated rings. The molecule has 0 atom stereocenters. The van der Waals surface area contributed by atoms with Gasteiger partial charge in [-0.25, -0.2) is 23.2 Å². The maximum absolute atomic E-state index is 11.9. The van der Waals surface area contributed by atoms with Crippen LogP contribution in [-0.4, -0.2) is 34.2 Å². The highest BCUT2D eigenvalue weighted by Gasteiger charge is 2.10. The molecule has 2 heterocycles. The van der Waals surface area contributed by atoms with Crippen LogP contribution in [0.1, 0.15) is 5.56 Å². The quantitative estimate of drug-likeness (QED) is 0.763. The lowest BCUT2D eigenvalue weighted by Crippen LogP contribution is -2.17. The summed E-state index contributed by atoms with van der Waals surface area (Å²) in [5, 5.41) is 0. The lowest BCUT2D eigenvalue weighted by atomic mass is 10.2. The van der Waals surface area contributed by atoms with Crippen molar-refractivity contribution in [3.63, 3.8) is 0 Å². The Labute approximate surface area is 120 Å². The van der Waals surface area contributed by atoms with Gasteiger partial charge in [0.05, 0.1) is 17.6 Å². The number of imidazole rings is 1. The Morgan fingerprint density at radius 1 is 1.24 bits per heavy atom. The number of aromatic nitrogens is 4. The molecule has 7 nitrogen and oxygen atoms in total. The zero-order valence-electron chi connectivity index (χ0n) is 11.1. The van der Waals surface area contributed by atoms with Gasteiger partial charge in [-0.15, -0.1) is 0 Å². The molecule has 8 heteroatoms. The highest BCUT2D eigenvalue weighted by Crippen LogP contribution is 2.12. The first-order valence-corrected chi connectivity index (χ1v) is 8.02. The normalized spacial score (nSPS) is 11.9. The van der Waals surface area contributed by atoms with Crippen LogP contribution in [0, 0.1) is 0 Å². The van der Waals surface area contributed by atoms with Crippen LogP contribution in [-0.2, 0) is 16.4 Å². The van der Waals surface area contributed by atoms with Gasteiger partial charge in [0.2, 0.25) is 0 Å². The van der Waals surface area contributed by atoms with Gasteiger partial charge in [0.25, 0.3) is 0 Å². The molecule has 3 aromatic rings. The van der Waals surface area contributed by atoms with Crippen molar-refractivity contribution in [3.05, 3.63) is 52.8 Å². The number of aromatic amines is 1. The molecule has 0 radical (unpaired) electrons. The van der Waals surface area contributed by atoms with E-state index >= 15 is 0 Å². The van der Waals surface area contributed by atoms with E-state index in [2.05, 4.69) is 15.0 Å². The van der Waals surface area contributed by atoms with Gasteiger partial charge in [-0.3, -0.25) is 4.57 Å². The molecule has 0 bridgehead atoms. The Hall–Kier alpha value is -2.48. The van der Waals surface area contributed by atoms with Crippen molar-refractivity contribution < 1.29 is 8.42 Å². The molecule has 0 aliphatic rings. The zero-order chi connectivity index (χ0) is 15.0. The van der Waals surface area contributed by atoms with E-state index in [1.54, 1.807) is 12.1 Å². The second-order valence-corrected chi connectivity index (χ2v) is 6.71. The molecule has 21 heavy (non-hydrogen) atoms. The van der Waals surface area contributed by atoms with Crippen LogP contribution in [0.4, 0.5) is 0 Å². The number of hydrogen-bond acceptors (Lipinski definition) is 5. The molecule has 1 N–H and O–H groups in total. The third-order valence-electron chi connectivity index (χ3n) is 3.13. The van der Waals surface area contributed by atoms with Crippen molar-refractivity contribution in [1.82, 2.24) is 19.5 Å². The van der Waals surface area contributed by atoms with Gasteiger partial charge >= 0.3 is 5.69 Å². The van der Waals surface area contributed by atoms with E-state index in [9.17, 15) is 13.2 Å². The first-order chi connectivity index (χ1) is 9.95. The summed E-state index contributed by atoms with van der Waals surface area (Å²) in [6.45, 7) is 0.305. The molecule has 0 saturated heterocycles. The van der Waals surface area contributed by atoms with Crippen LogP contribution in [0.25, 0.3) is 11.2 Å². The standard InChI is InChI=1S/C13H12N4O3S/c1-21(19,20)10-4-2-9(3-5-10)7-17-12-11(16-13(17)18)6-14-8-15-12/h2-6,8H,7H2,1H3,(H,16,18). The molecule has 0 aliphatic heterocycles. The molecule has 2 aromatic heterocycles. The second kappa shape index (κ2) is 4.81. The minimum absolute atomic E-state index is 0.250. The summed E-state index contributed by atoms with van der Waals surface area (Å²) in [6.07, 6.45) is 4.06. The molecule has 1 aromatic carbocycles. The molecule has 0 unspecified atom stereocenters. The first kappa shape index (κ1) is 13.5. The van der Waals surface area contributed by atoms with Gasteiger partial charge in [-0.1, -0.05) is 12.1 Å². The van der Waals surface area contributed by atoms with Gasteiger partial charge in [0, 0.05) is 6.26 Å². The minimum Gasteiger partial charge on any atom is -0.303 e. The largest absolute Gasteiger partial charge is 0.328 e. The number of sulfone groups is 1. The number of nitrogens with zero attached hydrogens (tertiary/aromatic N) is 3. The van der Waals surface area contributed by atoms with Crippen molar-refractivity contribution in [2.24, 2.45) is 0 Å². The molecule has 0 aliphatic carbocycles. The van der Waals surface area contributed by atoms with Gasteiger partial charge in [-0.2, -0.15) is 0 Å². The molecule has 0 saturated carbocycles. The van der Waals surface area contributed by atoms with Crippen LogP contribution in [0.5, 0.6) is 0 Å². The molecular weight excluding hydrogens is 292 g/mol. The number of rotatable bonds is 3. The van der Waals surface area contributed by atoms with Gasteiger partial charge in [0.1, 0.15) is 11.8 Å². The maximum Gasteiger partial charge on any atom is 0.328 e. The van der Waals surface area contributed by atoms with E-state index in [1.165, 1.54) is 29.2 Å². The van der Waals surface area contributed by atoms with E-state index in [4.69, 9.17) is 0 Å².